The summed E-state index contributed by atoms with van der Waals surface area (Å²) in [6.07, 6.45) is -0.287. The molecule has 1 aromatic rings. The van der Waals surface area contributed by atoms with Crippen molar-refractivity contribution in [3.63, 3.8) is 0 Å². The Morgan fingerprint density at radius 3 is 2.44 bits per heavy atom. The fourth-order valence-corrected chi connectivity index (χ4v) is 1.99. The summed E-state index contributed by atoms with van der Waals surface area (Å²) in [5.41, 5.74) is 2.42. The lowest BCUT2D eigenvalue weighted by Gasteiger charge is -2.17. The lowest BCUT2D eigenvalue weighted by atomic mass is 10.0. The van der Waals surface area contributed by atoms with Crippen LogP contribution in [0.5, 0.6) is 0 Å². The van der Waals surface area contributed by atoms with E-state index in [0.717, 1.165) is 12.2 Å². The zero-order valence-electron chi connectivity index (χ0n) is 9.90. The summed E-state index contributed by atoms with van der Waals surface area (Å²) in [6, 6.07) is 8.58. The molecule has 0 amide bonds. The first-order chi connectivity index (χ1) is 7.66. The van der Waals surface area contributed by atoms with Crippen LogP contribution in [-0.2, 0) is 0 Å². The van der Waals surface area contributed by atoms with Crippen molar-refractivity contribution in [3.8, 4) is 0 Å². The molecule has 3 N–H and O–H groups in total. The summed E-state index contributed by atoms with van der Waals surface area (Å²) in [5.74, 6) is 0.563. The molecule has 16 heavy (non-hydrogen) atoms. The van der Waals surface area contributed by atoms with Gasteiger partial charge in [0.05, 0.1) is 12.1 Å². The highest BCUT2D eigenvalue weighted by Gasteiger charge is 2.24. The molecule has 1 fully saturated rings. The smallest absolute Gasteiger partial charge is 0.0877 e. The fourth-order valence-electron chi connectivity index (χ4n) is 1.99. The standard InChI is InChI=1S/C13H20N2O/c1-9(2)10-3-5-11(6-4-10)15-12-7-14-8-13(12)16/h3-6,9,12-16H,7-8H2,1-2H3/t12-,13-/m1/s1. The van der Waals surface area contributed by atoms with Crippen molar-refractivity contribution in [2.24, 2.45) is 0 Å². The third-order valence-corrected chi connectivity index (χ3v) is 3.11. The van der Waals surface area contributed by atoms with Gasteiger partial charge < -0.3 is 15.7 Å². The van der Waals surface area contributed by atoms with Gasteiger partial charge in [-0.05, 0) is 23.6 Å². The molecule has 1 aliphatic heterocycles. The number of β-amino-alcohol motifs (C(OH)–C–C–N with tert-alkyl or cyclic N) is 1. The molecule has 2 atom stereocenters. The molecule has 1 aromatic carbocycles. The molecule has 0 radical (unpaired) electrons. The molecule has 1 heterocycles. The van der Waals surface area contributed by atoms with Crippen LogP contribution in [0.1, 0.15) is 25.3 Å². The molecule has 0 spiro atoms. The second-order valence-electron chi connectivity index (χ2n) is 4.75. The molecule has 0 unspecified atom stereocenters. The van der Waals surface area contributed by atoms with Crippen LogP contribution in [0.2, 0.25) is 0 Å². The Morgan fingerprint density at radius 1 is 1.25 bits per heavy atom. The number of nitrogens with one attached hydrogen (secondary N) is 2. The summed E-state index contributed by atoms with van der Waals surface area (Å²) in [5, 5.41) is 16.2. The third-order valence-electron chi connectivity index (χ3n) is 3.11. The topological polar surface area (TPSA) is 44.3 Å². The van der Waals surface area contributed by atoms with Crippen LogP contribution in [0.4, 0.5) is 5.69 Å². The summed E-state index contributed by atoms with van der Waals surface area (Å²) in [4.78, 5) is 0. The van der Waals surface area contributed by atoms with Gasteiger partial charge in [0, 0.05) is 18.8 Å². The normalized spacial score (nSPS) is 25.0. The van der Waals surface area contributed by atoms with Crippen molar-refractivity contribution < 1.29 is 5.11 Å². The first-order valence-electron chi connectivity index (χ1n) is 5.92. The number of aliphatic hydroxyl groups excluding tert-OH is 1. The molecule has 0 bridgehead atoms. The Balaban J connectivity index is 1.99. The van der Waals surface area contributed by atoms with Crippen molar-refractivity contribution in [1.29, 1.82) is 0 Å². The van der Waals surface area contributed by atoms with Gasteiger partial charge in [0.15, 0.2) is 0 Å². The minimum absolute atomic E-state index is 0.130. The van der Waals surface area contributed by atoms with Gasteiger partial charge in [0.25, 0.3) is 0 Å². The van der Waals surface area contributed by atoms with Crippen LogP contribution in [0, 0.1) is 0 Å². The van der Waals surface area contributed by atoms with E-state index in [1.807, 2.05) is 0 Å². The van der Waals surface area contributed by atoms with E-state index in [-0.39, 0.29) is 12.1 Å². The molecule has 0 aromatic heterocycles. The maximum absolute atomic E-state index is 9.67. The number of aliphatic hydroxyl groups is 1. The van der Waals surface area contributed by atoms with E-state index in [0.29, 0.717) is 12.5 Å². The lowest BCUT2D eigenvalue weighted by Crippen LogP contribution is -2.31. The quantitative estimate of drug-likeness (QED) is 0.724. The van der Waals surface area contributed by atoms with E-state index in [2.05, 4.69) is 48.7 Å². The molecular weight excluding hydrogens is 200 g/mol. The monoisotopic (exact) mass is 220 g/mol. The third kappa shape index (κ3) is 2.54. The fraction of sp³-hybridized carbons (Fsp3) is 0.538. The van der Waals surface area contributed by atoms with Crippen molar-refractivity contribution in [3.05, 3.63) is 29.8 Å². The van der Waals surface area contributed by atoms with Gasteiger partial charge in [-0.25, -0.2) is 0 Å². The number of hydrogen-bond donors (Lipinski definition) is 3. The second-order valence-corrected chi connectivity index (χ2v) is 4.75. The van der Waals surface area contributed by atoms with E-state index in [9.17, 15) is 5.11 Å². The second kappa shape index (κ2) is 4.85. The Morgan fingerprint density at radius 2 is 1.94 bits per heavy atom. The first kappa shape index (κ1) is 11.4. The molecule has 3 nitrogen and oxygen atoms in total. The minimum atomic E-state index is -0.287. The Hall–Kier alpha value is -1.06. The highest BCUT2D eigenvalue weighted by Crippen LogP contribution is 2.18. The summed E-state index contributed by atoms with van der Waals surface area (Å²) < 4.78 is 0. The summed E-state index contributed by atoms with van der Waals surface area (Å²) in [7, 11) is 0. The van der Waals surface area contributed by atoms with Crippen molar-refractivity contribution in [2.45, 2.75) is 31.9 Å². The average molecular weight is 220 g/mol. The number of rotatable bonds is 3. The molecular formula is C13H20N2O. The van der Waals surface area contributed by atoms with Gasteiger partial charge in [0.2, 0.25) is 0 Å². The molecule has 0 saturated carbocycles. The Kier molecular flexibility index (Phi) is 3.46. The number of anilines is 1. The zero-order chi connectivity index (χ0) is 11.5. The minimum Gasteiger partial charge on any atom is -0.390 e. The molecule has 3 heteroatoms. The van der Waals surface area contributed by atoms with Crippen LogP contribution in [-0.4, -0.2) is 30.3 Å². The maximum atomic E-state index is 9.67. The van der Waals surface area contributed by atoms with Crippen molar-refractivity contribution in [1.82, 2.24) is 5.32 Å². The van der Waals surface area contributed by atoms with Gasteiger partial charge in [-0.3, -0.25) is 0 Å². The number of hydrogen-bond acceptors (Lipinski definition) is 3. The Bertz CT molecular complexity index is 334. The largest absolute Gasteiger partial charge is 0.390 e. The van der Waals surface area contributed by atoms with Crippen LogP contribution < -0.4 is 10.6 Å². The summed E-state index contributed by atoms with van der Waals surface area (Å²) >= 11 is 0. The molecule has 1 saturated heterocycles. The SMILES string of the molecule is CC(C)c1ccc(N[C@@H]2CNC[C@H]2O)cc1. The molecule has 0 aliphatic carbocycles. The Labute approximate surface area is 96.9 Å². The predicted octanol–water partition coefficient (Wildman–Crippen LogP) is 1.55. The van der Waals surface area contributed by atoms with Gasteiger partial charge in [0.1, 0.15) is 0 Å². The van der Waals surface area contributed by atoms with Gasteiger partial charge >= 0.3 is 0 Å². The molecule has 2 rings (SSSR count). The number of benzene rings is 1. The molecule has 1 aliphatic rings. The van der Waals surface area contributed by atoms with Crippen LogP contribution in [0.3, 0.4) is 0 Å². The lowest BCUT2D eigenvalue weighted by molar-refractivity contribution is 0.185. The van der Waals surface area contributed by atoms with Gasteiger partial charge in [-0.2, -0.15) is 0 Å². The van der Waals surface area contributed by atoms with Crippen molar-refractivity contribution in [2.75, 3.05) is 18.4 Å². The first-order valence-corrected chi connectivity index (χ1v) is 5.92. The zero-order valence-corrected chi connectivity index (χ0v) is 9.90. The van der Waals surface area contributed by atoms with E-state index in [4.69, 9.17) is 0 Å². The van der Waals surface area contributed by atoms with Crippen LogP contribution in [0.25, 0.3) is 0 Å². The highest BCUT2D eigenvalue weighted by molar-refractivity contribution is 5.46. The van der Waals surface area contributed by atoms with Crippen molar-refractivity contribution >= 4 is 5.69 Å². The predicted molar refractivity (Wildman–Crippen MR) is 66.8 cm³/mol. The van der Waals surface area contributed by atoms with Crippen LogP contribution >= 0.6 is 0 Å². The van der Waals surface area contributed by atoms with E-state index < -0.39 is 0 Å². The van der Waals surface area contributed by atoms with Gasteiger partial charge in [-0.1, -0.05) is 26.0 Å². The van der Waals surface area contributed by atoms with Gasteiger partial charge in [-0.15, -0.1) is 0 Å². The highest BCUT2D eigenvalue weighted by atomic mass is 16.3. The van der Waals surface area contributed by atoms with E-state index >= 15 is 0 Å². The van der Waals surface area contributed by atoms with Crippen LogP contribution in [0.15, 0.2) is 24.3 Å². The maximum Gasteiger partial charge on any atom is 0.0877 e. The summed E-state index contributed by atoms with van der Waals surface area (Å²) in [6.45, 7) is 5.88. The molecule has 88 valence electrons. The van der Waals surface area contributed by atoms with E-state index in [1.54, 1.807) is 0 Å². The van der Waals surface area contributed by atoms with E-state index in [1.165, 1.54) is 5.56 Å². The average Bonchev–Trinajstić information content (AvgIpc) is 2.65.